The van der Waals surface area contributed by atoms with Crippen molar-refractivity contribution >= 4 is 47.3 Å². The Hall–Kier alpha value is -3.26. The summed E-state index contributed by atoms with van der Waals surface area (Å²) < 4.78 is 58.7. The molecule has 1 aromatic heterocycles. The number of phosphoric ester groups is 1. The summed E-state index contributed by atoms with van der Waals surface area (Å²) in [4.78, 5) is 101. The highest BCUT2D eigenvalue weighted by molar-refractivity contribution is 7.66. The van der Waals surface area contributed by atoms with Gasteiger partial charge in [0.25, 0.3) is 5.56 Å². The number of phosphoric acid groups is 3. The number of aromatic amines is 1. The largest absolute Gasteiger partial charge is 0.490 e. The highest BCUT2D eigenvalue weighted by Gasteiger charge is 2.73. The summed E-state index contributed by atoms with van der Waals surface area (Å²) >= 11 is 0. The van der Waals surface area contributed by atoms with Gasteiger partial charge >= 0.3 is 35.1 Å². The molecule has 5 aliphatic carbocycles. The number of H-pyrrole nitrogens is 1. The maximum atomic E-state index is 12.7. The number of nitrogens with zero attached hydrogens (tertiary/aromatic N) is 1. The summed E-state index contributed by atoms with van der Waals surface area (Å²) in [5.41, 5.74) is -5.66. The average Bonchev–Trinajstić information content (AvgIpc) is 3.95. The molecule has 0 saturated heterocycles. The Morgan fingerprint density at radius 3 is 2.35 bits per heavy atom. The first-order chi connectivity index (χ1) is 33.2. The first kappa shape index (κ1) is 55.5. The number of unbranched alkanes of at least 4 members (excludes halogenated alkanes) is 2. The second kappa shape index (κ2) is 21.9. The number of aromatic nitrogens is 2. The van der Waals surface area contributed by atoms with Crippen LogP contribution in [0, 0.1) is 29.6 Å². The van der Waals surface area contributed by atoms with E-state index < -0.39 is 106 Å². The first-order valence-electron chi connectivity index (χ1n) is 23.6. The van der Waals surface area contributed by atoms with Crippen LogP contribution in [0.15, 0.2) is 33.5 Å². The lowest BCUT2D eigenvalue weighted by Gasteiger charge is -2.63. The zero-order valence-electron chi connectivity index (χ0n) is 38.6. The van der Waals surface area contributed by atoms with Gasteiger partial charge in [0.15, 0.2) is 0 Å². The molecule has 1 aliphatic heterocycles. The molecule has 29 heteroatoms. The molecule has 5 fully saturated rings. The van der Waals surface area contributed by atoms with Gasteiger partial charge in [0.1, 0.15) is 18.8 Å². The molecular formula is C42H63N4O22P3. The molecule has 71 heavy (non-hydrogen) atoms. The van der Waals surface area contributed by atoms with Crippen molar-refractivity contribution < 1.29 is 95.8 Å². The number of ether oxygens (including phenoxy) is 2. The van der Waals surface area contributed by atoms with Crippen LogP contribution in [0.1, 0.15) is 101 Å². The van der Waals surface area contributed by atoms with Crippen molar-refractivity contribution in [2.45, 2.75) is 131 Å². The minimum Gasteiger partial charge on any atom is -0.458 e. The number of aliphatic hydroxyl groups excluding tert-OH is 2. The maximum absolute atomic E-state index is 12.7. The first-order valence-corrected chi connectivity index (χ1v) is 28.1. The quantitative estimate of drug-likeness (QED) is 0.0440. The van der Waals surface area contributed by atoms with E-state index in [1.165, 1.54) is 24.4 Å². The van der Waals surface area contributed by atoms with Crippen molar-refractivity contribution in [2.75, 3.05) is 32.9 Å². The highest BCUT2D eigenvalue weighted by atomic mass is 31.3. The molecule has 0 bridgehead atoms. The van der Waals surface area contributed by atoms with Crippen LogP contribution in [-0.4, -0.2) is 140 Å². The number of amides is 2. The molecule has 0 aromatic carbocycles. The van der Waals surface area contributed by atoms with E-state index in [4.69, 9.17) is 19.3 Å². The topological polar surface area (TPSA) is 410 Å². The van der Waals surface area contributed by atoms with Crippen molar-refractivity contribution in [2.24, 2.45) is 29.6 Å². The number of nitrogens with one attached hydrogen (secondary N) is 3. The molecule has 0 radical (unpaired) electrons. The van der Waals surface area contributed by atoms with E-state index in [9.17, 15) is 73.0 Å². The number of carbonyl (C=O) groups is 3. The van der Waals surface area contributed by atoms with Crippen LogP contribution in [0.3, 0.4) is 0 Å². The van der Waals surface area contributed by atoms with Gasteiger partial charge in [-0.3, -0.25) is 28.5 Å². The third-order valence-electron chi connectivity index (χ3n) is 15.3. The molecule has 2 heterocycles. The Kier molecular flexibility index (Phi) is 17.1. The zero-order valence-corrected chi connectivity index (χ0v) is 41.2. The molecule has 1 aromatic rings. The minimum atomic E-state index is -5.75. The number of carbonyl (C=O) groups excluding carboxylic acids is 3. The Labute approximate surface area is 406 Å². The molecule has 6 aliphatic rings. The normalized spacial score (nSPS) is 35.4. The average molecular weight is 1070 g/mol. The Morgan fingerprint density at radius 1 is 0.873 bits per heavy atom. The van der Waals surface area contributed by atoms with Crippen molar-refractivity contribution in [1.82, 2.24) is 20.2 Å². The fourth-order valence-corrected chi connectivity index (χ4v) is 15.1. The summed E-state index contributed by atoms with van der Waals surface area (Å²) in [5.74, 6) is -3.74. The van der Waals surface area contributed by atoms with Gasteiger partial charge in [0.05, 0.1) is 41.7 Å². The predicted octanol–water partition coefficient (Wildman–Crippen LogP) is 0.0605. The summed E-state index contributed by atoms with van der Waals surface area (Å²) in [5, 5.41) is 63.8. The summed E-state index contributed by atoms with van der Waals surface area (Å²) in [6.45, 7) is -0.507. The highest BCUT2D eigenvalue weighted by Crippen LogP contribution is 2.67. The lowest BCUT2D eigenvalue weighted by molar-refractivity contribution is -0.293. The smallest absolute Gasteiger partial charge is 0.458 e. The van der Waals surface area contributed by atoms with E-state index in [1.807, 2.05) is 0 Å². The Morgan fingerprint density at radius 2 is 1.63 bits per heavy atom. The van der Waals surface area contributed by atoms with Crippen LogP contribution in [0.5, 0.6) is 0 Å². The molecule has 7 rings (SSSR count). The fourth-order valence-electron chi connectivity index (χ4n) is 12.1. The number of esters is 1. The van der Waals surface area contributed by atoms with E-state index >= 15 is 0 Å². The van der Waals surface area contributed by atoms with Crippen LogP contribution >= 0.6 is 23.5 Å². The van der Waals surface area contributed by atoms with E-state index in [0.717, 1.165) is 4.57 Å². The molecule has 0 spiro atoms. The predicted molar refractivity (Wildman–Crippen MR) is 243 cm³/mol. The third-order valence-corrected chi connectivity index (χ3v) is 19.1. The standard InChI is InChI=1S/C42H63N4O22P3/c47-33-18-28(15-26(33)22-66-70(60,61)68-71(62,63)67-69(57,58)59)46-20-24(38(52)45-39(46)53)5-4-14-43-35(49)6-2-1-3-13-44-36(50)23-64-29-9-11-40(54)27(17-29)7-8-31-32(40)19-34(48)42(56)30(10-12-41(31,42)55)25-16-37(51)65-21-25/h4-5,16,20,26-34,47-48,54-56H,1-3,6-15,17-19,21-23H2,(H,43,49)(H,44,50)(H,60,61)(H,62,63)(H,45,52,53)(H2,57,58,59)/b5-4+/t26-,27-,28-,29+,30-,31-,32+,33?,34-,40-,41+,42-/m1/s1. The van der Waals surface area contributed by atoms with Crippen molar-refractivity contribution in [1.29, 1.82) is 0 Å². The van der Waals surface area contributed by atoms with Gasteiger partial charge in [-0.15, -0.1) is 0 Å². The third kappa shape index (κ3) is 12.6. The van der Waals surface area contributed by atoms with Gasteiger partial charge in [0.2, 0.25) is 11.8 Å². The van der Waals surface area contributed by atoms with Crippen LogP contribution in [-0.2, 0) is 50.7 Å². The molecule has 26 nitrogen and oxygen atoms in total. The molecule has 2 amide bonds. The van der Waals surface area contributed by atoms with Crippen LogP contribution in [0.2, 0.25) is 0 Å². The Balaban J connectivity index is 0.767. The monoisotopic (exact) mass is 1070 g/mol. The van der Waals surface area contributed by atoms with Crippen molar-refractivity contribution in [3.63, 3.8) is 0 Å². The van der Waals surface area contributed by atoms with Crippen molar-refractivity contribution in [3.05, 3.63) is 50.3 Å². The molecule has 3 unspecified atom stereocenters. The number of hydrogen-bond donors (Lipinski definition) is 12. The molecule has 14 atom stereocenters. The lowest BCUT2D eigenvalue weighted by atomic mass is 9.48. The van der Waals surface area contributed by atoms with Crippen LogP contribution in [0.25, 0.3) is 6.08 Å². The second-order valence-electron chi connectivity index (χ2n) is 19.6. The van der Waals surface area contributed by atoms with Gasteiger partial charge in [-0.1, -0.05) is 18.6 Å². The Bertz CT molecular complexity index is 2500. The van der Waals surface area contributed by atoms with Gasteiger partial charge in [-0.25, -0.2) is 23.3 Å². The van der Waals surface area contributed by atoms with Crippen LogP contribution in [0.4, 0.5) is 0 Å². The fraction of sp³-hybridized carbons (Fsp3) is 0.738. The SMILES string of the molecule is O=C(CCCCCNC(=O)CO[C@H]1CC[C@@]2(O)[C@H](CC[C@@H]3[C@@H]2C[C@@H](O)[C@]2(O)[C@@H](C4=CC(=O)OC4)CC[C@]32O)C1)NC/C=C/c1cn([C@H]2CC(O)[C@@H](COP(=O)(O)OP(=O)(O)OP(=O)(O)O)C2)c(=O)[nH]c1=O. The molecular weight excluding hydrogens is 1010 g/mol. The van der Waals surface area contributed by atoms with Crippen molar-refractivity contribution in [3.8, 4) is 0 Å². The van der Waals surface area contributed by atoms with Gasteiger partial charge in [-0.2, -0.15) is 8.62 Å². The van der Waals surface area contributed by atoms with Gasteiger partial charge < -0.3 is 65.2 Å². The van der Waals surface area contributed by atoms with E-state index in [0.29, 0.717) is 69.9 Å². The lowest BCUT2D eigenvalue weighted by Crippen LogP contribution is -2.73. The molecule has 398 valence electrons. The summed E-state index contributed by atoms with van der Waals surface area (Å²) in [6, 6.07) is -0.749. The van der Waals surface area contributed by atoms with Crippen LogP contribution < -0.4 is 21.9 Å². The zero-order chi connectivity index (χ0) is 51.7. The van der Waals surface area contributed by atoms with Gasteiger partial charge in [-0.05, 0) is 100 Å². The number of rotatable bonds is 21. The molecule has 12 N–H and O–H groups in total. The number of cyclic esters (lactones) is 1. The summed E-state index contributed by atoms with van der Waals surface area (Å²) in [7, 11) is -16.8. The molecule has 5 saturated carbocycles. The maximum Gasteiger partial charge on any atom is 0.490 e. The minimum absolute atomic E-state index is 0.0135. The van der Waals surface area contributed by atoms with E-state index in [-0.39, 0.29) is 81.3 Å². The number of hydrogen-bond acceptors (Lipinski definition) is 18. The second-order valence-corrected chi connectivity index (χ2v) is 24.0. The number of fused-ring (bicyclic) bond motifs is 5. The number of aliphatic hydroxyl groups is 5. The van der Waals surface area contributed by atoms with E-state index in [1.54, 1.807) is 0 Å². The van der Waals surface area contributed by atoms with E-state index in [2.05, 4.69) is 28.8 Å². The van der Waals surface area contributed by atoms with Gasteiger partial charge in [0, 0.05) is 49.7 Å². The summed E-state index contributed by atoms with van der Waals surface area (Å²) in [6.07, 6.45) is 7.59.